The number of fused-ring (bicyclic) bond motifs is 1. The van der Waals surface area contributed by atoms with Crippen LogP contribution in [0.25, 0.3) is 16.6 Å². The van der Waals surface area contributed by atoms with Gasteiger partial charge in [-0.15, -0.1) is 0 Å². The van der Waals surface area contributed by atoms with Gasteiger partial charge >= 0.3 is 0 Å². The Bertz CT molecular complexity index is 1520. The molecule has 0 fully saturated rings. The number of halogens is 2. The monoisotopic (exact) mass is 510 g/mol. The van der Waals surface area contributed by atoms with Crippen LogP contribution in [0.2, 0.25) is 5.02 Å². The standard InChI is InChI=1S/C26H24Cl2N4O3/c1-5-29-25(17(4)27)19-11-15(2)31-26-18(19)7-6-8-23(26)34-14-20-21(28)9-10-30-22(20)13-32-24(33)12-16(3)35-32/h5-12H,13-14H2,1-4H3/b25-17+,29-5-. The average Bonchev–Trinajstić information content (AvgIpc) is 3.13. The number of rotatable bonds is 7. The minimum atomic E-state index is -0.245. The maximum Gasteiger partial charge on any atom is 0.283 e. The smallest absolute Gasteiger partial charge is 0.283 e. The number of aryl methyl sites for hydroxylation is 2. The Morgan fingerprint density at radius 2 is 2.06 bits per heavy atom. The molecule has 0 unspecified atom stereocenters. The van der Waals surface area contributed by atoms with Crippen molar-refractivity contribution in [1.82, 2.24) is 14.7 Å². The second-order valence-corrected chi connectivity index (χ2v) is 8.93. The molecule has 0 bridgehead atoms. The van der Waals surface area contributed by atoms with E-state index in [0.717, 1.165) is 16.6 Å². The van der Waals surface area contributed by atoms with Gasteiger partial charge in [0, 0.05) is 45.7 Å². The predicted molar refractivity (Wildman–Crippen MR) is 139 cm³/mol. The molecule has 3 heterocycles. The summed E-state index contributed by atoms with van der Waals surface area (Å²) < 4.78 is 12.9. The van der Waals surface area contributed by atoms with Gasteiger partial charge in [0.1, 0.15) is 30.2 Å². The van der Waals surface area contributed by atoms with Gasteiger partial charge in [0.05, 0.1) is 16.4 Å². The summed E-state index contributed by atoms with van der Waals surface area (Å²) in [4.78, 5) is 25.7. The van der Waals surface area contributed by atoms with E-state index in [1.807, 2.05) is 45.0 Å². The highest BCUT2D eigenvalue weighted by molar-refractivity contribution is 6.32. The van der Waals surface area contributed by atoms with Crippen molar-refractivity contribution in [3.05, 3.63) is 91.3 Å². The fraction of sp³-hybridized carbons (Fsp3) is 0.231. The van der Waals surface area contributed by atoms with E-state index in [-0.39, 0.29) is 18.7 Å². The Hall–Kier alpha value is -3.42. The predicted octanol–water partition coefficient (Wildman–Crippen LogP) is 6.30. The molecular formula is C26H24Cl2N4O3. The van der Waals surface area contributed by atoms with Crippen molar-refractivity contribution in [2.45, 2.75) is 40.8 Å². The van der Waals surface area contributed by atoms with E-state index in [4.69, 9.17) is 37.4 Å². The molecule has 0 atom stereocenters. The summed E-state index contributed by atoms with van der Waals surface area (Å²) in [6.07, 6.45) is 3.30. The van der Waals surface area contributed by atoms with Crippen molar-refractivity contribution in [1.29, 1.82) is 0 Å². The summed E-state index contributed by atoms with van der Waals surface area (Å²) in [5.74, 6) is 1.10. The molecule has 4 rings (SSSR count). The van der Waals surface area contributed by atoms with Crippen LogP contribution < -0.4 is 10.3 Å². The zero-order chi connectivity index (χ0) is 25.1. The lowest BCUT2D eigenvalue weighted by Gasteiger charge is -2.15. The van der Waals surface area contributed by atoms with Crippen LogP contribution in [-0.2, 0) is 13.2 Å². The molecule has 4 aromatic rings. The fourth-order valence-electron chi connectivity index (χ4n) is 3.82. The van der Waals surface area contributed by atoms with Gasteiger partial charge < -0.3 is 9.26 Å². The molecule has 0 aliphatic rings. The van der Waals surface area contributed by atoms with Crippen molar-refractivity contribution in [2.75, 3.05) is 0 Å². The summed E-state index contributed by atoms with van der Waals surface area (Å²) in [5, 5.41) is 1.93. The third-order valence-electron chi connectivity index (χ3n) is 5.35. The Morgan fingerprint density at radius 1 is 1.26 bits per heavy atom. The van der Waals surface area contributed by atoms with Crippen LogP contribution in [0.1, 0.15) is 42.1 Å². The molecule has 0 N–H and O–H groups in total. The maximum atomic E-state index is 12.1. The maximum absolute atomic E-state index is 12.1. The Kier molecular flexibility index (Phi) is 7.38. The minimum absolute atomic E-state index is 0.130. The van der Waals surface area contributed by atoms with Gasteiger partial charge in [0.15, 0.2) is 0 Å². The van der Waals surface area contributed by atoms with Gasteiger partial charge in [-0.25, -0.2) is 4.98 Å². The number of hydrogen-bond donors (Lipinski definition) is 0. The topological polar surface area (TPSA) is 82.5 Å². The molecule has 0 radical (unpaired) electrons. The number of benzene rings is 1. The van der Waals surface area contributed by atoms with Gasteiger partial charge in [0.25, 0.3) is 5.56 Å². The van der Waals surface area contributed by atoms with Gasteiger partial charge in [-0.1, -0.05) is 35.3 Å². The first-order valence-electron chi connectivity index (χ1n) is 11.0. The number of hydrogen-bond acceptors (Lipinski definition) is 6. The summed E-state index contributed by atoms with van der Waals surface area (Å²) in [6.45, 7) is 7.55. The molecule has 0 saturated heterocycles. The van der Waals surface area contributed by atoms with E-state index in [2.05, 4.69) is 9.98 Å². The van der Waals surface area contributed by atoms with E-state index in [9.17, 15) is 4.79 Å². The second kappa shape index (κ2) is 10.5. The molecule has 0 spiro atoms. The summed E-state index contributed by atoms with van der Waals surface area (Å²) in [5.41, 5.74) is 4.04. The van der Waals surface area contributed by atoms with E-state index in [1.54, 1.807) is 25.4 Å². The highest BCUT2D eigenvalue weighted by atomic mass is 35.5. The lowest BCUT2D eigenvalue weighted by atomic mass is 10.0. The largest absolute Gasteiger partial charge is 0.486 e. The van der Waals surface area contributed by atoms with Crippen LogP contribution in [-0.4, -0.2) is 20.9 Å². The highest BCUT2D eigenvalue weighted by Gasteiger charge is 2.16. The molecule has 9 heteroatoms. The number of aliphatic imine (C=N–C) groups is 1. The number of ether oxygens (including phenoxy) is 1. The first-order valence-corrected chi connectivity index (χ1v) is 11.7. The lowest BCUT2D eigenvalue weighted by molar-refractivity contribution is 0.258. The first-order chi connectivity index (χ1) is 16.8. The quantitative estimate of drug-likeness (QED) is 0.272. The highest BCUT2D eigenvalue weighted by Crippen LogP contribution is 2.34. The molecule has 35 heavy (non-hydrogen) atoms. The van der Waals surface area contributed by atoms with Gasteiger partial charge in [-0.3, -0.25) is 14.8 Å². The number of para-hydroxylation sites is 1. The third kappa shape index (κ3) is 5.31. The van der Waals surface area contributed by atoms with Crippen LogP contribution in [0, 0.1) is 13.8 Å². The zero-order valence-electron chi connectivity index (χ0n) is 19.8. The van der Waals surface area contributed by atoms with Crippen molar-refractivity contribution >= 4 is 46.0 Å². The van der Waals surface area contributed by atoms with E-state index >= 15 is 0 Å². The van der Waals surface area contributed by atoms with Crippen molar-refractivity contribution in [3.8, 4) is 5.75 Å². The zero-order valence-corrected chi connectivity index (χ0v) is 21.3. The molecule has 0 aliphatic heterocycles. The number of aromatic nitrogens is 3. The van der Waals surface area contributed by atoms with E-state index in [1.165, 1.54) is 10.8 Å². The summed E-state index contributed by atoms with van der Waals surface area (Å²) in [7, 11) is 0. The normalized spacial score (nSPS) is 12.4. The molecule has 7 nitrogen and oxygen atoms in total. The van der Waals surface area contributed by atoms with Crippen molar-refractivity contribution in [2.24, 2.45) is 4.99 Å². The van der Waals surface area contributed by atoms with Crippen LogP contribution >= 0.6 is 23.2 Å². The minimum Gasteiger partial charge on any atom is -0.486 e. The molecule has 0 aliphatic carbocycles. The molecule has 180 valence electrons. The van der Waals surface area contributed by atoms with E-state index < -0.39 is 0 Å². The molecule has 0 amide bonds. The average molecular weight is 511 g/mol. The molecule has 1 aromatic carbocycles. The van der Waals surface area contributed by atoms with Crippen LogP contribution in [0.4, 0.5) is 0 Å². The third-order valence-corrected chi connectivity index (χ3v) is 5.88. The Labute approximate surface area is 212 Å². The van der Waals surface area contributed by atoms with Crippen LogP contribution in [0.15, 0.2) is 61.9 Å². The number of pyridine rings is 2. The van der Waals surface area contributed by atoms with Crippen LogP contribution in [0.3, 0.4) is 0 Å². The Balaban J connectivity index is 1.73. The summed E-state index contributed by atoms with van der Waals surface area (Å²) >= 11 is 12.9. The first kappa shape index (κ1) is 24.7. The number of nitrogens with zero attached hydrogens (tertiary/aromatic N) is 4. The van der Waals surface area contributed by atoms with Gasteiger partial charge in [-0.2, -0.15) is 4.74 Å². The molecular weight excluding hydrogens is 487 g/mol. The van der Waals surface area contributed by atoms with Gasteiger partial charge in [0.2, 0.25) is 0 Å². The van der Waals surface area contributed by atoms with Crippen molar-refractivity contribution < 1.29 is 9.26 Å². The lowest BCUT2D eigenvalue weighted by Crippen LogP contribution is -2.16. The van der Waals surface area contributed by atoms with Crippen molar-refractivity contribution in [3.63, 3.8) is 0 Å². The summed E-state index contributed by atoms with van der Waals surface area (Å²) in [6, 6.07) is 10.8. The number of allylic oxidation sites excluding steroid dienone is 1. The van der Waals surface area contributed by atoms with Gasteiger partial charge in [-0.05, 0) is 45.9 Å². The second-order valence-electron chi connectivity index (χ2n) is 7.96. The fourth-order valence-corrected chi connectivity index (χ4v) is 4.19. The van der Waals surface area contributed by atoms with E-state index in [0.29, 0.717) is 44.0 Å². The van der Waals surface area contributed by atoms with Crippen LogP contribution in [0.5, 0.6) is 5.75 Å². The molecule has 3 aromatic heterocycles. The molecule has 0 saturated carbocycles. The Morgan fingerprint density at radius 3 is 2.74 bits per heavy atom. The SMILES string of the molecule is C/C=N\C(=C(/C)Cl)c1cc(C)nc2c(OCc3c(Cl)ccnc3Cn3oc(C)cc3=O)cccc12.